The summed E-state index contributed by atoms with van der Waals surface area (Å²) in [4.78, 5) is 36.2. The molecule has 1 aromatic rings. The number of thioether (sulfide) groups is 1. The normalized spacial score (nSPS) is 22.4. The SMILES string of the molecule is CC(C)[C@@H](NC(=O)OC(C)(C)C)C(=O)N1CC[C@H](Sc2ncc(B3OC(C)(C)C(C)(C)O3)cn2)C1. The minimum atomic E-state index is -0.635. The van der Waals surface area contributed by atoms with Gasteiger partial charge in [0, 0.05) is 36.2 Å². The molecule has 0 saturated carbocycles. The fraction of sp³-hybridized carbons (Fsp3) is 0.750. The smallest absolute Gasteiger partial charge is 0.444 e. The number of nitrogens with one attached hydrogen (secondary N) is 1. The van der Waals surface area contributed by atoms with E-state index in [-0.39, 0.29) is 17.1 Å². The van der Waals surface area contributed by atoms with Gasteiger partial charge in [0.25, 0.3) is 0 Å². The van der Waals surface area contributed by atoms with Crippen molar-refractivity contribution in [1.29, 1.82) is 0 Å². The van der Waals surface area contributed by atoms with Crippen LogP contribution >= 0.6 is 11.8 Å². The summed E-state index contributed by atoms with van der Waals surface area (Å²) in [5, 5.41) is 3.58. The standard InChI is InChI=1S/C24H39BN4O5S/c1-15(2)18(28-21(31)32-22(3,4)5)19(30)29-11-10-17(14-29)35-20-26-12-16(13-27-20)25-33-23(6,7)24(8,9)34-25/h12-13,15,17-18H,10-11,14H2,1-9H3,(H,28,31)/t17-,18+/m0/s1. The Balaban J connectivity index is 1.55. The van der Waals surface area contributed by atoms with Gasteiger partial charge >= 0.3 is 13.2 Å². The molecular weight excluding hydrogens is 467 g/mol. The highest BCUT2D eigenvalue weighted by Gasteiger charge is 2.52. The first kappa shape index (κ1) is 27.7. The van der Waals surface area contributed by atoms with Crippen LogP contribution in [0.4, 0.5) is 4.79 Å². The fourth-order valence-corrected chi connectivity index (χ4v) is 4.81. The molecule has 1 N–H and O–H groups in total. The van der Waals surface area contributed by atoms with Crippen molar-refractivity contribution in [2.45, 2.75) is 102 Å². The Morgan fingerprint density at radius 1 is 1.17 bits per heavy atom. The fourth-order valence-electron chi connectivity index (χ4n) is 3.81. The van der Waals surface area contributed by atoms with Crippen LogP contribution in [0.5, 0.6) is 0 Å². The highest BCUT2D eigenvalue weighted by Crippen LogP contribution is 2.36. The third kappa shape index (κ3) is 6.89. The molecule has 2 fully saturated rings. The Bertz CT molecular complexity index is 903. The lowest BCUT2D eigenvalue weighted by atomic mass is 9.81. The Morgan fingerprint density at radius 2 is 1.74 bits per heavy atom. The Hall–Kier alpha value is -1.85. The average molecular weight is 506 g/mol. The van der Waals surface area contributed by atoms with Crippen LogP contribution in [0.2, 0.25) is 0 Å². The molecular formula is C24H39BN4O5S. The number of likely N-dealkylation sites (tertiary alicyclic amines) is 1. The molecule has 2 atom stereocenters. The second-order valence-electron chi connectivity index (χ2n) is 11.6. The average Bonchev–Trinajstić information content (AvgIpc) is 3.26. The van der Waals surface area contributed by atoms with Gasteiger partial charge in [-0.2, -0.15) is 0 Å². The van der Waals surface area contributed by atoms with Crippen molar-refractivity contribution in [3.63, 3.8) is 0 Å². The summed E-state index contributed by atoms with van der Waals surface area (Å²) in [5.74, 6) is -0.154. The van der Waals surface area contributed by atoms with Crippen molar-refractivity contribution in [2.24, 2.45) is 5.92 Å². The zero-order chi connectivity index (χ0) is 26.2. The number of hydrogen-bond acceptors (Lipinski definition) is 8. The van der Waals surface area contributed by atoms with Crippen LogP contribution in [0.1, 0.15) is 68.7 Å². The molecule has 0 spiro atoms. The number of aromatic nitrogens is 2. The van der Waals surface area contributed by atoms with E-state index >= 15 is 0 Å². The molecule has 9 nitrogen and oxygen atoms in total. The molecule has 3 rings (SSSR count). The topological polar surface area (TPSA) is 103 Å². The molecule has 0 aliphatic carbocycles. The number of carbonyl (C=O) groups excluding carboxylic acids is 2. The van der Waals surface area contributed by atoms with Crippen molar-refractivity contribution >= 4 is 36.3 Å². The minimum absolute atomic E-state index is 0.0624. The van der Waals surface area contributed by atoms with Crippen LogP contribution in [0.15, 0.2) is 17.6 Å². The van der Waals surface area contributed by atoms with Gasteiger partial charge in [0.05, 0.1) is 11.2 Å². The molecule has 2 amide bonds. The summed E-state index contributed by atoms with van der Waals surface area (Å²) in [6.07, 6.45) is 3.74. The zero-order valence-electron chi connectivity index (χ0n) is 22.4. The largest absolute Gasteiger partial charge is 0.498 e. The van der Waals surface area contributed by atoms with Crippen LogP contribution in [-0.4, -0.2) is 75.2 Å². The maximum atomic E-state index is 13.2. The third-order valence-corrected chi connectivity index (χ3v) is 7.65. The van der Waals surface area contributed by atoms with Gasteiger partial charge in [-0.25, -0.2) is 14.8 Å². The van der Waals surface area contributed by atoms with Crippen LogP contribution in [0.3, 0.4) is 0 Å². The zero-order valence-corrected chi connectivity index (χ0v) is 23.2. The molecule has 0 radical (unpaired) electrons. The van der Waals surface area contributed by atoms with Gasteiger partial charge in [-0.05, 0) is 60.8 Å². The van der Waals surface area contributed by atoms with Crippen LogP contribution in [0.25, 0.3) is 0 Å². The molecule has 11 heteroatoms. The second kappa shape index (κ2) is 10.3. The lowest BCUT2D eigenvalue weighted by Crippen LogP contribution is -2.51. The summed E-state index contributed by atoms with van der Waals surface area (Å²) in [7, 11) is -0.496. The van der Waals surface area contributed by atoms with Gasteiger partial charge in [-0.1, -0.05) is 25.6 Å². The lowest BCUT2D eigenvalue weighted by molar-refractivity contribution is -0.133. The van der Waals surface area contributed by atoms with Gasteiger partial charge in [0.1, 0.15) is 11.6 Å². The van der Waals surface area contributed by atoms with E-state index in [1.54, 1.807) is 49.8 Å². The highest BCUT2D eigenvalue weighted by atomic mass is 32.2. The summed E-state index contributed by atoms with van der Waals surface area (Å²) >= 11 is 1.56. The van der Waals surface area contributed by atoms with E-state index in [0.717, 1.165) is 11.9 Å². The monoisotopic (exact) mass is 506 g/mol. The van der Waals surface area contributed by atoms with E-state index in [1.165, 1.54) is 0 Å². The van der Waals surface area contributed by atoms with Crippen molar-refractivity contribution in [1.82, 2.24) is 20.2 Å². The molecule has 3 heterocycles. The van der Waals surface area contributed by atoms with Gasteiger partial charge in [-0.15, -0.1) is 0 Å². The number of amides is 2. The summed E-state index contributed by atoms with van der Waals surface area (Å²) in [6, 6.07) is -0.635. The third-order valence-electron chi connectivity index (χ3n) is 6.51. The van der Waals surface area contributed by atoms with Gasteiger partial charge in [0.15, 0.2) is 5.16 Å². The van der Waals surface area contributed by atoms with Gasteiger partial charge in [0.2, 0.25) is 5.91 Å². The first-order chi connectivity index (χ1) is 16.1. The maximum Gasteiger partial charge on any atom is 0.498 e. The minimum Gasteiger partial charge on any atom is -0.444 e. The molecule has 1 aromatic heterocycles. The van der Waals surface area contributed by atoms with Gasteiger partial charge in [-0.3, -0.25) is 4.79 Å². The van der Waals surface area contributed by atoms with E-state index in [9.17, 15) is 9.59 Å². The van der Waals surface area contributed by atoms with Crippen LogP contribution in [0, 0.1) is 5.92 Å². The number of ether oxygens (including phenoxy) is 1. The Labute approximate surface area is 213 Å². The first-order valence-corrected chi connectivity index (χ1v) is 13.1. The van der Waals surface area contributed by atoms with Crippen LogP contribution < -0.4 is 10.8 Å². The molecule has 2 saturated heterocycles. The van der Waals surface area contributed by atoms with Crippen molar-refractivity contribution < 1.29 is 23.6 Å². The van der Waals surface area contributed by atoms with E-state index in [1.807, 2.05) is 41.5 Å². The number of hydrogen-bond donors (Lipinski definition) is 1. The van der Waals surface area contributed by atoms with E-state index < -0.39 is 36.1 Å². The molecule has 0 bridgehead atoms. The number of alkyl carbamates (subject to hydrolysis) is 1. The quantitative estimate of drug-likeness (QED) is 0.464. The maximum absolute atomic E-state index is 13.2. The molecule has 194 valence electrons. The van der Waals surface area contributed by atoms with Gasteiger partial charge < -0.3 is 24.3 Å². The lowest BCUT2D eigenvalue weighted by Gasteiger charge is -2.32. The number of carbonyl (C=O) groups is 2. The predicted octanol–water partition coefficient (Wildman–Crippen LogP) is 3.02. The molecule has 35 heavy (non-hydrogen) atoms. The van der Waals surface area contributed by atoms with Crippen LogP contribution in [-0.2, 0) is 18.8 Å². The predicted molar refractivity (Wildman–Crippen MR) is 137 cm³/mol. The molecule has 2 aliphatic heterocycles. The Morgan fingerprint density at radius 3 is 2.26 bits per heavy atom. The summed E-state index contributed by atoms with van der Waals surface area (Å²) in [5.41, 5.74) is -0.680. The molecule has 0 unspecified atom stereocenters. The highest BCUT2D eigenvalue weighted by molar-refractivity contribution is 7.99. The van der Waals surface area contributed by atoms with E-state index in [0.29, 0.717) is 18.2 Å². The van der Waals surface area contributed by atoms with Crippen molar-refractivity contribution in [2.75, 3.05) is 13.1 Å². The Kier molecular flexibility index (Phi) is 8.13. The van der Waals surface area contributed by atoms with Crippen molar-refractivity contribution in [3.8, 4) is 0 Å². The number of nitrogens with zero attached hydrogens (tertiary/aromatic N) is 3. The number of rotatable bonds is 6. The molecule has 0 aromatic carbocycles. The van der Waals surface area contributed by atoms with E-state index in [4.69, 9.17) is 14.0 Å². The van der Waals surface area contributed by atoms with Crippen molar-refractivity contribution in [3.05, 3.63) is 12.4 Å². The van der Waals surface area contributed by atoms with E-state index in [2.05, 4.69) is 15.3 Å². The molecule has 2 aliphatic rings. The summed E-state index contributed by atoms with van der Waals surface area (Å²) in [6.45, 7) is 18.5. The first-order valence-electron chi connectivity index (χ1n) is 12.2. The summed E-state index contributed by atoms with van der Waals surface area (Å²) < 4.78 is 17.5. The second-order valence-corrected chi connectivity index (χ2v) is 12.8.